The Balaban J connectivity index is 1.95. The summed E-state index contributed by atoms with van der Waals surface area (Å²) >= 11 is 0. The Kier molecular flexibility index (Phi) is 6.84. The molecule has 1 aromatic heterocycles. The van der Waals surface area contributed by atoms with Gasteiger partial charge in [-0.25, -0.2) is 13.8 Å². The van der Waals surface area contributed by atoms with E-state index in [1.54, 1.807) is 0 Å². The van der Waals surface area contributed by atoms with Crippen LogP contribution in [-0.2, 0) is 5.54 Å². The maximum absolute atomic E-state index is 14.8. The number of hydrogen-bond acceptors (Lipinski definition) is 7. The first-order valence-electron chi connectivity index (χ1n) is 9.92. The number of amidine groups is 1. The van der Waals surface area contributed by atoms with Crippen LogP contribution in [0.15, 0.2) is 35.5 Å². The van der Waals surface area contributed by atoms with E-state index < -0.39 is 51.6 Å². The Labute approximate surface area is 194 Å². The van der Waals surface area contributed by atoms with Crippen LogP contribution in [0.1, 0.15) is 35.5 Å². The number of hydrogen-bond donors (Lipinski definition) is 4. The molecule has 0 saturated carbocycles. The number of pyridine rings is 1. The predicted octanol–water partition coefficient (Wildman–Crippen LogP) is 4.45. The lowest BCUT2D eigenvalue weighted by atomic mass is 9.92. The van der Waals surface area contributed by atoms with Crippen molar-refractivity contribution in [1.29, 1.82) is 0 Å². The molecule has 2 aromatic rings. The summed E-state index contributed by atoms with van der Waals surface area (Å²) in [5.41, 5.74) is 3.74. The molecule has 1 aliphatic rings. The standard InChI is InChI=1S/C21H24F4N4O4S/c1-11-6-13(33-19(24)25)8-27-16(11)17(30)28-12-4-5-15(23)14(7-12)21(9-22)10-34(31,32)20(2,3)18(26)29-21/h4-8,19,31-32H,9-10H2,1-3H3,(H2,26,29)(H,28,30). The number of carbonyl (C=O) groups is 1. The lowest BCUT2D eigenvalue weighted by molar-refractivity contribution is -0.0501. The highest BCUT2D eigenvalue weighted by atomic mass is 32.3. The van der Waals surface area contributed by atoms with Gasteiger partial charge in [-0.15, -0.1) is 0 Å². The molecule has 2 heterocycles. The van der Waals surface area contributed by atoms with E-state index in [1.165, 1.54) is 32.9 Å². The van der Waals surface area contributed by atoms with E-state index >= 15 is 0 Å². The molecule has 5 N–H and O–H groups in total. The van der Waals surface area contributed by atoms with Gasteiger partial charge in [0.15, 0.2) is 0 Å². The molecule has 0 fully saturated rings. The summed E-state index contributed by atoms with van der Waals surface area (Å²) in [6.45, 7) is 0.0229. The fourth-order valence-corrected chi connectivity index (χ4v) is 5.17. The molecule has 8 nitrogen and oxygen atoms in total. The molecular weight excluding hydrogens is 480 g/mol. The molecule has 186 valence electrons. The van der Waals surface area contributed by atoms with E-state index in [1.807, 2.05) is 0 Å². The number of halogens is 4. The molecule has 13 heteroatoms. The molecule has 1 amide bonds. The molecule has 1 aliphatic heterocycles. The van der Waals surface area contributed by atoms with Crippen LogP contribution in [-0.4, -0.2) is 49.6 Å². The van der Waals surface area contributed by atoms with Crippen molar-refractivity contribution in [3.8, 4) is 5.75 Å². The Hall–Kier alpha value is -2.90. The fourth-order valence-electron chi connectivity index (χ4n) is 3.46. The van der Waals surface area contributed by atoms with E-state index in [4.69, 9.17) is 5.73 Å². The smallest absolute Gasteiger partial charge is 0.387 e. The molecule has 34 heavy (non-hydrogen) atoms. The molecule has 1 aromatic carbocycles. The minimum atomic E-state index is -3.52. The highest BCUT2D eigenvalue weighted by molar-refractivity contribution is 8.26. The minimum Gasteiger partial charge on any atom is -0.433 e. The second kappa shape index (κ2) is 9.04. The number of alkyl halides is 3. The van der Waals surface area contributed by atoms with Crippen LogP contribution in [0.5, 0.6) is 5.75 Å². The van der Waals surface area contributed by atoms with Crippen LogP contribution in [0, 0.1) is 12.7 Å². The maximum Gasteiger partial charge on any atom is 0.387 e. The van der Waals surface area contributed by atoms with Gasteiger partial charge in [-0.2, -0.15) is 19.4 Å². The Morgan fingerprint density at radius 1 is 1.32 bits per heavy atom. The molecule has 3 rings (SSSR count). The third kappa shape index (κ3) is 4.68. The van der Waals surface area contributed by atoms with Crippen molar-refractivity contribution in [2.45, 2.75) is 37.7 Å². The van der Waals surface area contributed by atoms with Crippen molar-refractivity contribution in [1.82, 2.24) is 4.98 Å². The van der Waals surface area contributed by atoms with Gasteiger partial charge in [-0.3, -0.25) is 18.9 Å². The van der Waals surface area contributed by atoms with Gasteiger partial charge in [0.1, 0.15) is 40.1 Å². The first-order valence-corrected chi connectivity index (χ1v) is 11.6. The van der Waals surface area contributed by atoms with Gasteiger partial charge in [0.05, 0.1) is 11.9 Å². The van der Waals surface area contributed by atoms with Gasteiger partial charge in [-0.1, -0.05) is 0 Å². The van der Waals surface area contributed by atoms with Gasteiger partial charge >= 0.3 is 6.61 Å². The highest BCUT2D eigenvalue weighted by Gasteiger charge is 2.51. The van der Waals surface area contributed by atoms with Gasteiger partial charge in [0.2, 0.25) is 0 Å². The zero-order valence-electron chi connectivity index (χ0n) is 18.5. The number of ether oxygens (including phenoxy) is 1. The number of nitrogens with zero attached hydrogens (tertiary/aromatic N) is 2. The molecular formula is C21H24F4N4O4S. The molecule has 0 aliphatic carbocycles. The van der Waals surface area contributed by atoms with Crippen molar-refractivity contribution in [3.63, 3.8) is 0 Å². The van der Waals surface area contributed by atoms with Crippen molar-refractivity contribution in [3.05, 3.63) is 53.1 Å². The van der Waals surface area contributed by atoms with Crippen molar-refractivity contribution >= 4 is 28.0 Å². The summed E-state index contributed by atoms with van der Waals surface area (Å²) < 4.78 is 78.0. The second-order valence-corrected chi connectivity index (χ2v) is 11.0. The quantitative estimate of drug-likeness (QED) is 0.430. The van der Waals surface area contributed by atoms with Crippen LogP contribution in [0.3, 0.4) is 0 Å². The van der Waals surface area contributed by atoms with Crippen LogP contribution in [0.2, 0.25) is 0 Å². The Morgan fingerprint density at radius 2 is 2.00 bits per heavy atom. The highest BCUT2D eigenvalue weighted by Crippen LogP contribution is 2.59. The summed E-state index contributed by atoms with van der Waals surface area (Å²) in [5.74, 6) is -2.70. The number of aromatic nitrogens is 1. The maximum atomic E-state index is 14.8. The van der Waals surface area contributed by atoms with Crippen molar-refractivity contribution in [2.24, 2.45) is 10.7 Å². The van der Waals surface area contributed by atoms with Crippen LogP contribution in [0.4, 0.5) is 23.2 Å². The monoisotopic (exact) mass is 504 g/mol. The number of aliphatic imine (C=N–C) groups is 1. The average Bonchev–Trinajstić information content (AvgIpc) is 2.72. The summed E-state index contributed by atoms with van der Waals surface area (Å²) in [4.78, 5) is 20.6. The largest absolute Gasteiger partial charge is 0.433 e. The summed E-state index contributed by atoms with van der Waals surface area (Å²) in [6.07, 6.45) is 0.953. The number of carbonyl (C=O) groups excluding carboxylic acids is 1. The number of rotatable bonds is 6. The second-order valence-electron chi connectivity index (χ2n) is 8.35. The van der Waals surface area contributed by atoms with Crippen LogP contribution < -0.4 is 15.8 Å². The van der Waals surface area contributed by atoms with E-state index in [0.29, 0.717) is 0 Å². The van der Waals surface area contributed by atoms with E-state index in [-0.39, 0.29) is 34.1 Å². The predicted molar refractivity (Wildman–Crippen MR) is 121 cm³/mol. The van der Waals surface area contributed by atoms with E-state index in [9.17, 15) is 31.5 Å². The Bertz CT molecular complexity index is 1150. The number of nitrogens with two attached hydrogens (primary N) is 1. The molecule has 0 radical (unpaired) electrons. The topological polar surface area (TPSA) is 130 Å². The van der Waals surface area contributed by atoms with Crippen molar-refractivity contribution < 1.29 is 36.2 Å². The molecule has 1 atom stereocenters. The molecule has 0 spiro atoms. The van der Waals surface area contributed by atoms with Gasteiger partial charge in [0, 0.05) is 11.3 Å². The van der Waals surface area contributed by atoms with Gasteiger partial charge in [-0.05, 0) is 50.6 Å². The third-order valence-corrected chi connectivity index (χ3v) is 8.37. The number of amides is 1. The number of anilines is 1. The lowest BCUT2D eigenvalue weighted by Gasteiger charge is -2.53. The van der Waals surface area contributed by atoms with Gasteiger partial charge < -0.3 is 15.8 Å². The first kappa shape index (κ1) is 25.7. The Morgan fingerprint density at radius 3 is 2.56 bits per heavy atom. The normalized spacial score (nSPS) is 22.1. The van der Waals surface area contributed by atoms with Crippen LogP contribution >= 0.6 is 10.6 Å². The van der Waals surface area contributed by atoms with E-state index in [2.05, 4.69) is 20.0 Å². The third-order valence-electron chi connectivity index (χ3n) is 5.65. The number of aryl methyl sites for hydroxylation is 1. The average molecular weight is 505 g/mol. The van der Waals surface area contributed by atoms with Crippen LogP contribution in [0.25, 0.3) is 0 Å². The number of benzene rings is 1. The van der Waals surface area contributed by atoms with E-state index in [0.717, 1.165) is 18.3 Å². The number of nitrogens with one attached hydrogen (secondary N) is 1. The minimum absolute atomic E-state index is 0.0402. The summed E-state index contributed by atoms with van der Waals surface area (Å²) in [5, 5.41) is 2.48. The lowest BCUT2D eigenvalue weighted by Crippen LogP contribution is -2.53. The summed E-state index contributed by atoms with van der Waals surface area (Å²) in [7, 11) is -3.52. The fraction of sp³-hybridized carbons (Fsp3) is 0.381. The summed E-state index contributed by atoms with van der Waals surface area (Å²) in [6, 6.07) is 4.51. The first-order chi connectivity index (χ1) is 15.7. The van der Waals surface area contributed by atoms with Gasteiger partial charge in [0.25, 0.3) is 5.91 Å². The zero-order valence-corrected chi connectivity index (χ0v) is 19.3. The van der Waals surface area contributed by atoms with Crippen molar-refractivity contribution in [2.75, 3.05) is 17.7 Å². The molecule has 0 saturated heterocycles. The zero-order chi connectivity index (χ0) is 25.5. The molecule has 0 bridgehead atoms. The molecule has 1 unspecified atom stereocenters. The SMILES string of the molecule is Cc1cc(OC(F)F)cnc1C(=O)Nc1ccc(F)c(C2(CF)CS(O)(O)C(C)(C)C(N)=N2)c1.